The van der Waals surface area contributed by atoms with Gasteiger partial charge in [-0.05, 0) is 38.0 Å². The molecule has 3 rings (SSSR count). The maximum absolute atomic E-state index is 12.6. The van der Waals surface area contributed by atoms with Crippen LogP contribution in [0.2, 0.25) is 0 Å². The van der Waals surface area contributed by atoms with Crippen molar-refractivity contribution in [2.45, 2.75) is 26.3 Å². The number of hydrogen-bond donors (Lipinski definition) is 2. The van der Waals surface area contributed by atoms with Crippen LogP contribution in [0.4, 0.5) is 5.69 Å². The second-order valence-electron chi connectivity index (χ2n) is 7.29. The highest BCUT2D eigenvalue weighted by atomic mass is 16.5. The van der Waals surface area contributed by atoms with Gasteiger partial charge < -0.3 is 19.9 Å². The molecule has 1 atom stereocenters. The lowest BCUT2D eigenvalue weighted by atomic mass is 10.1. The average molecular weight is 383 g/mol. The average Bonchev–Trinajstić information content (AvgIpc) is 2.75. The summed E-state index contributed by atoms with van der Waals surface area (Å²) in [7, 11) is 0. The molecule has 2 aromatic carbocycles. The Labute approximate surface area is 168 Å². The Bertz CT molecular complexity index is 743. The van der Waals surface area contributed by atoms with Crippen LogP contribution < -0.4 is 19.9 Å². The van der Waals surface area contributed by atoms with E-state index in [1.807, 2.05) is 44.2 Å². The molecule has 0 unspecified atom stereocenters. The van der Waals surface area contributed by atoms with Gasteiger partial charge in [-0.25, -0.2) is 0 Å². The molecule has 28 heavy (non-hydrogen) atoms. The quantitative estimate of drug-likeness (QED) is 0.728. The number of carbonyl (C=O) groups is 1. The number of anilines is 1. The number of nitrogens with one attached hydrogen (secondary N) is 2. The Hall–Kier alpha value is -2.53. The van der Waals surface area contributed by atoms with Gasteiger partial charge in [0.1, 0.15) is 5.75 Å². The van der Waals surface area contributed by atoms with Crippen LogP contribution in [0.25, 0.3) is 0 Å². The number of carbonyl (C=O) groups excluding carboxylic acids is 1. The fourth-order valence-electron chi connectivity index (χ4n) is 3.78. The van der Waals surface area contributed by atoms with Crippen molar-refractivity contribution in [3.63, 3.8) is 0 Å². The zero-order valence-electron chi connectivity index (χ0n) is 17.0. The number of quaternary nitrogens is 1. The maximum atomic E-state index is 12.6. The number of nitrogens with zero attached hydrogens (tertiary/aromatic N) is 1. The molecule has 1 heterocycles. The molecule has 5 nitrogen and oxygen atoms in total. The molecule has 1 fully saturated rings. The van der Waals surface area contributed by atoms with Crippen molar-refractivity contribution in [2.24, 2.45) is 0 Å². The first-order chi connectivity index (χ1) is 13.7. The summed E-state index contributed by atoms with van der Waals surface area (Å²) in [5.41, 5.74) is 2.41. The summed E-state index contributed by atoms with van der Waals surface area (Å²) in [6.45, 7) is 9.17. The summed E-state index contributed by atoms with van der Waals surface area (Å²) in [4.78, 5) is 16.3. The molecule has 1 aliphatic heterocycles. The van der Waals surface area contributed by atoms with Crippen LogP contribution in [-0.2, 0) is 11.2 Å². The molecule has 0 spiro atoms. The Morgan fingerprint density at radius 1 is 1.11 bits per heavy atom. The Balaban J connectivity index is 1.47. The third-order valence-corrected chi connectivity index (χ3v) is 5.47. The molecule has 0 aromatic heterocycles. The van der Waals surface area contributed by atoms with E-state index in [2.05, 4.69) is 34.5 Å². The normalized spacial score (nSPS) is 15.9. The number of piperazine rings is 1. The SMILES string of the molecule is CCOc1ccccc1N1CC[NH+]([C@H](C)C(=O)NCCc2ccccc2)CC1. The highest BCUT2D eigenvalue weighted by Crippen LogP contribution is 2.27. The number of amides is 1. The van der Waals surface area contributed by atoms with Crippen LogP contribution in [0.15, 0.2) is 54.6 Å². The van der Waals surface area contributed by atoms with Gasteiger partial charge in [-0.2, -0.15) is 0 Å². The Morgan fingerprint density at radius 3 is 2.50 bits per heavy atom. The Morgan fingerprint density at radius 2 is 1.79 bits per heavy atom. The number of benzene rings is 2. The molecule has 1 aliphatic rings. The number of hydrogen-bond acceptors (Lipinski definition) is 3. The lowest BCUT2D eigenvalue weighted by Crippen LogP contribution is -3.19. The number of ether oxygens (including phenoxy) is 1. The predicted molar refractivity (Wildman–Crippen MR) is 113 cm³/mol. The molecule has 0 bridgehead atoms. The van der Waals surface area contributed by atoms with Gasteiger partial charge in [-0.1, -0.05) is 42.5 Å². The summed E-state index contributed by atoms with van der Waals surface area (Å²) < 4.78 is 5.77. The van der Waals surface area contributed by atoms with Gasteiger partial charge in [-0.3, -0.25) is 4.79 Å². The third kappa shape index (κ3) is 5.26. The fourth-order valence-corrected chi connectivity index (χ4v) is 3.78. The molecule has 150 valence electrons. The largest absolute Gasteiger partial charge is 0.492 e. The zero-order chi connectivity index (χ0) is 19.8. The lowest BCUT2D eigenvalue weighted by Gasteiger charge is -2.36. The summed E-state index contributed by atoms with van der Waals surface area (Å²) >= 11 is 0. The van der Waals surface area contributed by atoms with E-state index in [0.717, 1.165) is 44.0 Å². The summed E-state index contributed by atoms with van der Waals surface area (Å²) in [6, 6.07) is 18.5. The van der Waals surface area contributed by atoms with Gasteiger partial charge in [0.05, 0.1) is 38.5 Å². The van der Waals surface area contributed by atoms with Crippen molar-refractivity contribution in [1.29, 1.82) is 0 Å². The monoisotopic (exact) mass is 382 g/mol. The first kappa shape index (κ1) is 20.2. The summed E-state index contributed by atoms with van der Waals surface area (Å²) in [5.74, 6) is 1.09. The van der Waals surface area contributed by atoms with Crippen LogP contribution in [0.5, 0.6) is 5.75 Å². The first-order valence-electron chi connectivity index (χ1n) is 10.3. The van der Waals surface area contributed by atoms with Crippen LogP contribution >= 0.6 is 0 Å². The van der Waals surface area contributed by atoms with Crippen LogP contribution in [-0.4, -0.2) is 51.3 Å². The van der Waals surface area contributed by atoms with Gasteiger partial charge in [0.15, 0.2) is 6.04 Å². The zero-order valence-corrected chi connectivity index (χ0v) is 17.0. The molecule has 2 aromatic rings. The minimum absolute atomic E-state index is 0.0277. The van der Waals surface area contributed by atoms with E-state index in [0.29, 0.717) is 13.2 Å². The second kappa shape index (κ2) is 10.1. The van der Waals surface area contributed by atoms with Crippen molar-refractivity contribution in [3.05, 3.63) is 60.2 Å². The highest BCUT2D eigenvalue weighted by molar-refractivity contribution is 5.79. The smallest absolute Gasteiger partial charge is 0.278 e. The fraction of sp³-hybridized carbons (Fsp3) is 0.435. The molecule has 0 radical (unpaired) electrons. The van der Waals surface area contributed by atoms with Crippen LogP contribution in [0.3, 0.4) is 0 Å². The van der Waals surface area contributed by atoms with E-state index in [1.54, 1.807) is 0 Å². The molecule has 2 N–H and O–H groups in total. The van der Waals surface area contributed by atoms with Gasteiger partial charge in [0, 0.05) is 6.54 Å². The van der Waals surface area contributed by atoms with E-state index in [-0.39, 0.29) is 11.9 Å². The molecular weight excluding hydrogens is 350 g/mol. The maximum Gasteiger partial charge on any atom is 0.278 e. The van der Waals surface area contributed by atoms with Gasteiger partial charge in [0.2, 0.25) is 0 Å². The molecule has 0 saturated carbocycles. The first-order valence-corrected chi connectivity index (χ1v) is 10.3. The number of para-hydroxylation sites is 2. The van der Waals surface area contributed by atoms with Crippen molar-refractivity contribution >= 4 is 11.6 Å². The van der Waals surface area contributed by atoms with E-state index in [1.165, 1.54) is 10.5 Å². The molecule has 0 aliphatic carbocycles. The van der Waals surface area contributed by atoms with Crippen molar-refractivity contribution in [2.75, 3.05) is 44.2 Å². The summed E-state index contributed by atoms with van der Waals surface area (Å²) in [6.07, 6.45) is 0.872. The predicted octanol–water partition coefficient (Wildman–Crippen LogP) is 1.54. The van der Waals surface area contributed by atoms with E-state index in [9.17, 15) is 4.79 Å². The van der Waals surface area contributed by atoms with E-state index < -0.39 is 0 Å². The highest BCUT2D eigenvalue weighted by Gasteiger charge is 2.29. The summed E-state index contributed by atoms with van der Waals surface area (Å²) in [5, 5.41) is 3.10. The Kier molecular flexibility index (Phi) is 7.31. The molecule has 5 heteroatoms. The van der Waals surface area contributed by atoms with E-state index in [4.69, 9.17) is 4.74 Å². The van der Waals surface area contributed by atoms with Gasteiger partial charge in [-0.15, -0.1) is 0 Å². The topological polar surface area (TPSA) is 46.0 Å². The lowest BCUT2D eigenvalue weighted by molar-refractivity contribution is -0.914. The van der Waals surface area contributed by atoms with Crippen molar-refractivity contribution < 1.29 is 14.4 Å². The van der Waals surface area contributed by atoms with Gasteiger partial charge >= 0.3 is 0 Å². The van der Waals surface area contributed by atoms with Crippen molar-refractivity contribution in [3.8, 4) is 5.75 Å². The molecular formula is C23H32N3O2+. The minimum atomic E-state index is -0.0277. The minimum Gasteiger partial charge on any atom is -0.492 e. The standard InChI is InChI=1S/C23H31N3O2/c1-3-28-22-12-8-7-11-21(22)26-17-15-25(16-18-26)19(2)23(27)24-14-13-20-9-5-4-6-10-20/h4-12,19H,3,13-18H2,1-2H3,(H,24,27)/p+1/t19-/m1/s1. The van der Waals surface area contributed by atoms with E-state index >= 15 is 0 Å². The molecule has 1 saturated heterocycles. The van der Waals surface area contributed by atoms with Crippen molar-refractivity contribution in [1.82, 2.24) is 5.32 Å². The van der Waals surface area contributed by atoms with Crippen LogP contribution in [0, 0.1) is 0 Å². The number of rotatable bonds is 8. The van der Waals surface area contributed by atoms with Crippen LogP contribution in [0.1, 0.15) is 19.4 Å². The third-order valence-electron chi connectivity index (χ3n) is 5.47. The molecule has 1 amide bonds. The second-order valence-corrected chi connectivity index (χ2v) is 7.29. The van der Waals surface area contributed by atoms with Gasteiger partial charge in [0.25, 0.3) is 5.91 Å².